The van der Waals surface area contributed by atoms with Gasteiger partial charge in [0.05, 0.1) is 12.0 Å². The molecule has 1 unspecified atom stereocenters. The van der Waals surface area contributed by atoms with Crippen LogP contribution in [0.1, 0.15) is 23.1 Å². The van der Waals surface area contributed by atoms with Gasteiger partial charge in [0.2, 0.25) is 0 Å². The first-order valence-electron chi connectivity index (χ1n) is 7.67. The minimum atomic E-state index is -0.651. The summed E-state index contributed by atoms with van der Waals surface area (Å²) in [6.07, 6.45) is 2.72. The molecule has 1 aromatic carbocycles. The molecule has 5 heteroatoms. The summed E-state index contributed by atoms with van der Waals surface area (Å²) < 4.78 is 7.17. The Balaban J connectivity index is 1.74. The number of aliphatic hydroxyl groups excluding tert-OH is 1. The van der Waals surface area contributed by atoms with Crippen molar-refractivity contribution >= 4 is 0 Å². The maximum absolute atomic E-state index is 10.4. The molecule has 0 amide bonds. The molecule has 2 heterocycles. The Morgan fingerprint density at radius 2 is 1.96 bits per heavy atom. The average Bonchev–Trinajstić information content (AvgIpc) is 3.21. The lowest BCUT2D eigenvalue weighted by Gasteiger charge is -2.24. The number of benzene rings is 1. The van der Waals surface area contributed by atoms with Crippen molar-refractivity contribution in [2.45, 2.75) is 19.2 Å². The van der Waals surface area contributed by atoms with Crippen molar-refractivity contribution in [1.29, 1.82) is 0 Å². The summed E-state index contributed by atoms with van der Waals surface area (Å²) >= 11 is 0. The predicted octanol–water partition coefficient (Wildman–Crippen LogP) is 2.75. The zero-order chi connectivity index (χ0) is 16.1. The van der Waals surface area contributed by atoms with Crippen molar-refractivity contribution in [3.8, 4) is 0 Å². The molecule has 0 saturated heterocycles. The van der Waals surface area contributed by atoms with Crippen LogP contribution < -0.4 is 0 Å². The van der Waals surface area contributed by atoms with Crippen molar-refractivity contribution in [3.63, 3.8) is 0 Å². The van der Waals surface area contributed by atoms with E-state index in [-0.39, 0.29) is 0 Å². The second kappa shape index (κ2) is 7.26. The molecule has 0 spiro atoms. The van der Waals surface area contributed by atoms with Gasteiger partial charge in [-0.25, -0.2) is 0 Å². The molecule has 0 bridgehead atoms. The molecule has 0 saturated carbocycles. The summed E-state index contributed by atoms with van der Waals surface area (Å²) in [5.74, 6) is 0.591. The van der Waals surface area contributed by atoms with Crippen molar-refractivity contribution < 1.29 is 9.52 Å². The van der Waals surface area contributed by atoms with Crippen LogP contribution in [0.2, 0.25) is 0 Å². The van der Waals surface area contributed by atoms with Crippen LogP contribution >= 0.6 is 0 Å². The van der Waals surface area contributed by atoms with Gasteiger partial charge in [-0.15, -0.1) is 0 Å². The summed E-state index contributed by atoms with van der Waals surface area (Å²) in [5.41, 5.74) is 2.31. The summed E-state index contributed by atoms with van der Waals surface area (Å²) in [6.45, 7) is 1.96. The van der Waals surface area contributed by atoms with Crippen LogP contribution in [0.15, 0.2) is 65.4 Å². The number of hydrogen-bond acceptors (Lipinski definition) is 4. The zero-order valence-corrected chi connectivity index (χ0v) is 13.2. The van der Waals surface area contributed by atoms with E-state index < -0.39 is 6.10 Å². The number of furan rings is 1. The van der Waals surface area contributed by atoms with Crippen LogP contribution in [0.4, 0.5) is 0 Å². The topological polar surface area (TPSA) is 54.4 Å². The van der Waals surface area contributed by atoms with Crippen molar-refractivity contribution in [1.82, 2.24) is 14.7 Å². The second-order valence-corrected chi connectivity index (χ2v) is 5.63. The second-order valence-electron chi connectivity index (χ2n) is 5.63. The number of nitrogens with zero attached hydrogens (tertiary/aromatic N) is 3. The highest BCUT2D eigenvalue weighted by Crippen LogP contribution is 2.18. The molecule has 0 radical (unpaired) electrons. The first-order valence-corrected chi connectivity index (χ1v) is 7.67. The van der Waals surface area contributed by atoms with Crippen LogP contribution in [0.3, 0.4) is 0 Å². The molecule has 3 rings (SSSR count). The summed E-state index contributed by atoms with van der Waals surface area (Å²) in [5, 5.41) is 14.6. The van der Waals surface area contributed by atoms with Gasteiger partial charge in [0.15, 0.2) is 0 Å². The third-order valence-electron chi connectivity index (χ3n) is 3.86. The fourth-order valence-corrected chi connectivity index (χ4v) is 2.63. The molecule has 0 aliphatic rings. The molecule has 120 valence electrons. The Morgan fingerprint density at radius 3 is 2.61 bits per heavy atom. The quantitative estimate of drug-likeness (QED) is 0.729. The number of rotatable bonds is 7. The highest BCUT2D eigenvalue weighted by Gasteiger charge is 2.17. The molecule has 3 aromatic rings. The molecule has 1 atom stereocenters. The van der Waals surface area contributed by atoms with Crippen LogP contribution in [0.25, 0.3) is 0 Å². The fraction of sp³-hybridized carbons (Fsp3) is 0.278. The highest BCUT2D eigenvalue weighted by molar-refractivity contribution is 5.15. The van der Waals surface area contributed by atoms with Gasteiger partial charge in [0.1, 0.15) is 11.9 Å². The van der Waals surface area contributed by atoms with E-state index in [1.165, 1.54) is 5.56 Å². The highest BCUT2D eigenvalue weighted by atomic mass is 16.4. The zero-order valence-electron chi connectivity index (χ0n) is 13.2. The van der Waals surface area contributed by atoms with E-state index in [2.05, 4.69) is 22.1 Å². The van der Waals surface area contributed by atoms with Gasteiger partial charge < -0.3 is 9.52 Å². The third-order valence-corrected chi connectivity index (χ3v) is 3.86. The Labute approximate surface area is 135 Å². The number of hydrogen-bond donors (Lipinski definition) is 1. The smallest absolute Gasteiger partial charge is 0.133 e. The summed E-state index contributed by atoms with van der Waals surface area (Å²) in [7, 11) is 1.93. The largest absolute Gasteiger partial charge is 0.467 e. The van der Waals surface area contributed by atoms with E-state index in [0.29, 0.717) is 18.8 Å². The van der Waals surface area contributed by atoms with Crippen molar-refractivity contribution in [3.05, 3.63) is 78.0 Å². The van der Waals surface area contributed by atoms with Crippen LogP contribution in [-0.2, 0) is 20.1 Å². The molecule has 5 nitrogen and oxygen atoms in total. The monoisotopic (exact) mass is 311 g/mol. The van der Waals surface area contributed by atoms with Gasteiger partial charge in [0.25, 0.3) is 0 Å². The van der Waals surface area contributed by atoms with E-state index >= 15 is 0 Å². The minimum Gasteiger partial charge on any atom is -0.467 e. The summed E-state index contributed by atoms with van der Waals surface area (Å²) in [4.78, 5) is 2.19. The predicted molar refractivity (Wildman–Crippen MR) is 87.4 cm³/mol. The minimum absolute atomic E-state index is 0.494. The van der Waals surface area contributed by atoms with E-state index in [1.807, 2.05) is 36.0 Å². The van der Waals surface area contributed by atoms with E-state index in [9.17, 15) is 5.11 Å². The van der Waals surface area contributed by atoms with Gasteiger partial charge in [-0.2, -0.15) is 5.10 Å². The fourth-order valence-electron chi connectivity index (χ4n) is 2.63. The maximum Gasteiger partial charge on any atom is 0.133 e. The maximum atomic E-state index is 10.4. The third kappa shape index (κ3) is 4.09. The first-order chi connectivity index (χ1) is 11.2. The Bertz CT molecular complexity index is 707. The van der Waals surface area contributed by atoms with E-state index in [4.69, 9.17) is 4.42 Å². The molecule has 0 aliphatic heterocycles. The number of aromatic nitrogens is 2. The molecule has 2 aromatic heterocycles. The van der Waals surface area contributed by atoms with E-state index in [0.717, 1.165) is 12.2 Å². The number of aryl methyl sites for hydroxylation is 1. The Hall–Kier alpha value is -2.37. The van der Waals surface area contributed by atoms with Crippen LogP contribution in [0.5, 0.6) is 0 Å². The molecule has 0 aliphatic carbocycles. The molecular weight excluding hydrogens is 290 g/mol. The Morgan fingerprint density at radius 1 is 1.13 bits per heavy atom. The average molecular weight is 311 g/mol. The lowest BCUT2D eigenvalue weighted by atomic mass is 10.2. The van der Waals surface area contributed by atoms with Gasteiger partial charge in [0, 0.05) is 32.9 Å². The van der Waals surface area contributed by atoms with Gasteiger partial charge >= 0.3 is 0 Å². The van der Waals surface area contributed by atoms with Crippen molar-refractivity contribution in [2.24, 2.45) is 7.05 Å². The molecule has 0 fully saturated rings. The lowest BCUT2D eigenvalue weighted by molar-refractivity contribution is 0.0861. The van der Waals surface area contributed by atoms with Crippen molar-refractivity contribution in [2.75, 3.05) is 6.54 Å². The van der Waals surface area contributed by atoms with Crippen LogP contribution in [0, 0.1) is 0 Å². The lowest BCUT2D eigenvalue weighted by Crippen LogP contribution is -2.28. The molecular formula is C18H21N3O2. The Kier molecular flexibility index (Phi) is 4.90. The standard InChI is InChI=1S/C18H21N3O2/c1-20-16(9-10-19-20)13-21(12-15-6-3-2-4-7-15)14-17(22)18-8-5-11-23-18/h2-11,17,22H,12-14H2,1H3. The van der Waals surface area contributed by atoms with Gasteiger partial charge in [-0.3, -0.25) is 9.58 Å². The summed E-state index contributed by atoms with van der Waals surface area (Å²) in [6, 6.07) is 15.8. The normalized spacial score (nSPS) is 12.7. The number of aliphatic hydroxyl groups is 1. The SMILES string of the molecule is Cn1nccc1CN(Cc1ccccc1)CC(O)c1ccco1. The van der Waals surface area contributed by atoms with Gasteiger partial charge in [-0.05, 0) is 23.8 Å². The first kappa shape index (κ1) is 15.5. The van der Waals surface area contributed by atoms with Gasteiger partial charge in [-0.1, -0.05) is 30.3 Å². The molecule has 23 heavy (non-hydrogen) atoms. The van der Waals surface area contributed by atoms with Crippen LogP contribution in [-0.4, -0.2) is 26.3 Å². The molecule has 1 N–H and O–H groups in total. The van der Waals surface area contributed by atoms with E-state index in [1.54, 1.807) is 24.6 Å².